The van der Waals surface area contributed by atoms with Gasteiger partial charge in [-0.2, -0.15) is 0 Å². The second kappa shape index (κ2) is 12.3. The first-order valence-electron chi connectivity index (χ1n) is 13.8. The highest BCUT2D eigenvalue weighted by Crippen LogP contribution is 2.40. The van der Waals surface area contributed by atoms with E-state index in [1.165, 1.54) is 29.2 Å². The van der Waals surface area contributed by atoms with Gasteiger partial charge in [-0.25, -0.2) is 18.2 Å². The number of aromatic nitrogens is 1. The minimum absolute atomic E-state index is 0. The fourth-order valence-electron chi connectivity index (χ4n) is 5.81. The maximum Gasteiger partial charge on any atom is 0.252 e. The van der Waals surface area contributed by atoms with E-state index in [0.717, 1.165) is 16.4 Å². The largest absolute Gasteiger partial charge is 0.351 e. The van der Waals surface area contributed by atoms with Crippen molar-refractivity contribution in [2.45, 2.75) is 57.2 Å². The Hall–Kier alpha value is -4.44. The Labute approximate surface area is 257 Å². The van der Waals surface area contributed by atoms with E-state index >= 15 is 0 Å². The summed E-state index contributed by atoms with van der Waals surface area (Å²) in [5.41, 5.74) is 0.249. The number of halogens is 4. The van der Waals surface area contributed by atoms with E-state index in [0.29, 0.717) is 5.39 Å². The third-order valence-corrected chi connectivity index (χ3v) is 8.19. The van der Waals surface area contributed by atoms with Crippen LogP contribution >= 0.6 is 11.6 Å². The van der Waals surface area contributed by atoms with Crippen molar-refractivity contribution < 1.29 is 27.6 Å². The van der Waals surface area contributed by atoms with Crippen LogP contribution in [-0.2, 0) is 14.4 Å². The second-order valence-corrected chi connectivity index (χ2v) is 11.2. The molecule has 11 heteroatoms. The van der Waals surface area contributed by atoms with E-state index in [1.807, 2.05) is 12.1 Å². The zero-order valence-corrected chi connectivity index (χ0v) is 23.5. The number of benzene rings is 3. The first kappa shape index (κ1) is 31.0. The molecule has 0 bridgehead atoms. The van der Waals surface area contributed by atoms with Crippen molar-refractivity contribution in [3.05, 3.63) is 101 Å². The molecule has 0 unspecified atom stereocenters. The van der Waals surface area contributed by atoms with Gasteiger partial charge in [0, 0.05) is 53.2 Å². The predicted molar refractivity (Wildman–Crippen MR) is 163 cm³/mol. The Morgan fingerprint density at radius 3 is 2.48 bits per heavy atom. The van der Waals surface area contributed by atoms with Crippen LogP contribution in [0.4, 0.5) is 24.7 Å². The normalized spacial score (nSPS) is 18.3. The Bertz CT molecular complexity index is 1720. The van der Waals surface area contributed by atoms with Gasteiger partial charge in [-0.15, -0.1) is 0 Å². The number of anilines is 2. The van der Waals surface area contributed by atoms with Gasteiger partial charge in [-0.05, 0) is 42.1 Å². The molecule has 2 heterocycles. The van der Waals surface area contributed by atoms with Crippen LogP contribution in [0.25, 0.3) is 10.8 Å². The maximum atomic E-state index is 14.7. The average Bonchev–Trinajstić information content (AvgIpc) is 3.35. The number of hydrogen-bond donors (Lipinski definition) is 1. The molecule has 1 saturated heterocycles. The van der Waals surface area contributed by atoms with Crippen LogP contribution < -0.4 is 15.1 Å². The molecule has 1 aliphatic carbocycles. The van der Waals surface area contributed by atoms with Crippen molar-refractivity contribution in [1.82, 2.24) is 10.3 Å². The maximum absolute atomic E-state index is 14.7. The Morgan fingerprint density at radius 2 is 1.75 bits per heavy atom. The summed E-state index contributed by atoms with van der Waals surface area (Å²) >= 11 is 6.55. The fourth-order valence-corrected chi connectivity index (χ4v) is 6.05. The number of amides is 3. The van der Waals surface area contributed by atoms with Crippen molar-refractivity contribution >= 4 is 51.6 Å². The van der Waals surface area contributed by atoms with Gasteiger partial charge >= 0.3 is 0 Å². The van der Waals surface area contributed by atoms with Gasteiger partial charge in [0.2, 0.25) is 11.8 Å². The molecule has 7 nitrogen and oxygen atoms in total. The van der Waals surface area contributed by atoms with Crippen LogP contribution in [0.1, 0.15) is 44.7 Å². The number of fused-ring (bicyclic) bond motifs is 1. The highest BCUT2D eigenvalue weighted by atomic mass is 35.5. The van der Waals surface area contributed by atoms with Gasteiger partial charge in [-0.3, -0.25) is 24.2 Å². The molecule has 1 aliphatic heterocycles. The summed E-state index contributed by atoms with van der Waals surface area (Å²) in [6.07, 6.45) is 0.612. The van der Waals surface area contributed by atoms with Crippen LogP contribution in [0, 0.1) is 5.82 Å². The van der Waals surface area contributed by atoms with E-state index in [2.05, 4.69) is 10.3 Å². The molecule has 3 aromatic carbocycles. The van der Waals surface area contributed by atoms with Crippen molar-refractivity contribution in [1.29, 1.82) is 0 Å². The van der Waals surface area contributed by atoms with E-state index < -0.39 is 54.5 Å². The summed E-state index contributed by atoms with van der Waals surface area (Å²) in [6, 6.07) is 17.2. The van der Waals surface area contributed by atoms with Crippen LogP contribution in [0.5, 0.6) is 0 Å². The van der Waals surface area contributed by atoms with Gasteiger partial charge in [0.05, 0.1) is 0 Å². The minimum atomic E-state index is -2.90. The number of hydrogen-bond acceptors (Lipinski definition) is 4. The van der Waals surface area contributed by atoms with Gasteiger partial charge in [0.15, 0.2) is 0 Å². The summed E-state index contributed by atoms with van der Waals surface area (Å²) in [5, 5.41) is 4.24. The molecule has 1 aromatic heterocycles. The summed E-state index contributed by atoms with van der Waals surface area (Å²) in [6.45, 7) is 0. The average molecular weight is 623 g/mol. The lowest BCUT2D eigenvalue weighted by atomic mass is 9.87. The highest BCUT2D eigenvalue weighted by Gasteiger charge is 2.48. The van der Waals surface area contributed by atoms with E-state index in [-0.39, 0.29) is 48.3 Å². The lowest BCUT2D eigenvalue weighted by Crippen LogP contribution is -2.56. The molecule has 2 fully saturated rings. The lowest BCUT2D eigenvalue weighted by Gasteiger charge is -2.39. The second-order valence-electron chi connectivity index (χ2n) is 10.8. The quantitative estimate of drug-likeness (QED) is 0.244. The molecule has 228 valence electrons. The third kappa shape index (κ3) is 5.86. The summed E-state index contributed by atoms with van der Waals surface area (Å²) in [5.74, 6) is -5.05. The highest BCUT2D eigenvalue weighted by molar-refractivity contribution is 6.31. The number of nitrogens with one attached hydrogen (secondary N) is 1. The molecule has 0 spiro atoms. The first-order chi connectivity index (χ1) is 20.6. The molecule has 1 N–H and O–H groups in total. The molecule has 1 saturated carbocycles. The molecule has 6 rings (SSSR count). The molecule has 3 amide bonds. The Kier molecular flexibility index (Phi) is 8.65. The molecule has 2 aliphatic rings. The minimum Gasteiger partial charge on any atom is -0.351 e. The fraction of sp³-hybridized carbons (Fsp3) is 0.273. The zero-order valence-electron chi connectivity index (χ0n) is 22.7. The molecule has 2 atom stereocenters. The number of rotatable bonds is 7. The molecular weight excluding hydrogens is 593 g/mol. The number of pyridine rings is 1. The van der Waals surface area contributed by atoms with Gasteiger partial charge < -0.3 is 5.32 Å². The molecule has 4 aromatic rings. The lowest BCUT2D eigenvalue weighted by molar-refractivity contribution is -0.133. The number of alkyl halides is 2. The molecule has 44 heavy (non-hydrogen) atoms. The third-order valence-electron chi connectivity index (χ3n) is 7.84. The summed E-state index contributed by atoms with van der Waals surface area (Å²) in [7, 11) is 0. The van der Waals surface area contributed by atoms with Crippen molar-refractivity contribution in [3.63, 3.8) is 0 Å². The number of carbonyl (C=O) groups excluding carboxylic acids is 3. The van der Waals surface area contributed by atoms with Crippen molar-refractivity contribution in [2.75, 3.05) is 9.80 Å². The van der Waals surface area contributed by atoms with Crippen molar-refractivity contribution in [2.24, 2.45) is 0 Å². The van der Waals surface area contributed by atoms with Crippen molar-refractivity contribution in [3.8, 4) is 0 Å². The summed E-state index contributed by atoms with van der Waals surface area (Å²) < 4.78 is 41.9. The molecular formula is C33H30ClF3N4O3. The standard InChI is InChI=1S/C32H26ClF3N4O3.CH4/c33-25-11-4-3-10-24(25)28(30(42)38-21-17-32(35,36)18-21)39(22-8-5-7-20(34)16-22)31(43)26-12-13-27(41)40(26)29-23-9-2-1-6-19(23)14-15-37-29;/h1-11,14-16,21,26,28H,12-13,17-18H2,(H,38,42);1H4/t26-,28-;/m0./s1. The van der Waals surface area contributed by atoms with Gasteiger partial charge in [0.1, 0.15) is 23.7 Å². The Morgan fingerprint density at radius 1 is 1.02 bits per heavy atom. The smallest absolute Gasteiger partial charge is 0.252 e. The van der Waals surface area contributed by atoms with Crippen LogP contribution in [0.3, 0.4) is 0 Å². The van der Waals surface area contributed by atoms with Crippen LogP contribution in [0.15, 0.2) is 85.1 Å². The topological polar surface area (TPSA) is 82.6 Å². The summed E-state index contributed by atoms with van der Waals surface area (Å²) in [4.78, 5) is 48.8. The van der Waals surface area contributed by atoms with E-state index in [1.54, 1.807) is 42.6 Å². The Balaban J connectivity index is 0.00000384. The van der Waals surface area contributed by atoms with E-state index in [9.17, 15) is 27.6 Å². The van der Waals surface area contributed by atoms with Crippen LogP contribution in [-0.4, -0.2) is 40.7 Å². The van der Waals surface area contributed by atoms with Crippen LogP contribution in [0.2, 0.25) is 5.02 Å². The van der Waals surface area contributed by atoms with Gasteiger partial charge in [-0.1, -0.05) is 67.6 Å². The number of carbonyl (C=O) groups is 3. The predicted octanol–water partition coefficient (Wildman–Crippen LogP) is 6.85. The molecule has 0 radical (unpaired) electrons. The monoisotopic (exact) mass is 622 g/mol. The number of nitrogens with zero attached hydrogens (tertiary/aromatic N) is 3. The van der Waals surface area contributed by atoms with Gasteiger partial charge in [0.25, 0.3) is 11.8 Å². The zero-order chi connectivity index (χ0) is 30.3. The first-order valence-corrected chi connectivity index (χ1v) is 14.2. The SMILES string of the molecule is C.O=C(NC1CC(F)(F)C1)[C@H](c1ccccc1Cl)N(C(=O)[C@@H]1CCC(=O)N1c1nccc2ccccc12)c1cccc(F)c1. The van der Waals surface area contributed by atoms with E-state index in [4.69, 9.17) is 11.6 Å².